The molecule has 31 heavy (non-hydrogen) atoms. The van der Waals surface area contributed by atoms with Crippen LogP contribution in [0, 0.1) is 0 Å². The second kappa shape index (κ2) is 9.34. The third kappa shape index (κ3) is 5.22. The molecule has 0 aromatic heterocycles. The lowest BCUT2D eigenvalue weighted by molar-refractivity contribution is -0.133. The van der Waals surface area contributed by atoms with E-state index in [-0.39, 0.29) is 24.8 Å². The van der Waals surface area contributed by atoms with E-state index in [1.807, 2.05) is 60.7 Å². The van der Waals surface area contributed by atoms with Crippen molar-refractivity contribution in [1.82, 2.24) is 4.90 Å². The monoisotopic (exact) mass is 416 g/mol. The van der Waals surface area contributed by atoms with Crippen LogP contribution in [0.15, 0.2) is 72.8 Å². The topological polar surface area (TPSA) is 67.9 Å². The van der Waals surface area contributed by atoms with Gasteiger partial charge in [-0.1, -0.05) is 42.5 Å². The summed E-state index contributed by atoms with van der Waals surface area (Å²) in [6, 6.07) is 22.7. The fourth-order valence-corrected chi connectivity index (χ4v) is 3.53. The van der Waals surface area contributed by atoms with Gasteiger partial charge in [-0.05, 0) is 41.5 Å². The van der Waals surface area contributed by atoms with Crippen molar-refractivity contribution in [3.8, 4) is 11.5 Å². The SMILES string of the molecule is COc1ccc(CC(=O)Nc2ccc3c(c2)CN(Cc2ccccc2)C(=O)CO3)cc1. The van der Waals surface area contributed by atoms with Gasteiger partial charge in [-0.15, -0.1) is 0 Å². The molecule has 0 atom stereocenters. The molecule has 0 fully saturated rings. The molecule has 0 radical (unpaired) electrons. The first-order valence-corrected chi connectivity index (χ1v) is 10.1. The molecule has 4 rings (SSSR count). The van der Waals surface area contributed by atoms with E-state index < -0.39 is 0 Å². The van der Waals surface area contributed by atoms with Crippen LogP contribution in [0.5, 0.6) is 11.5 Å². The number of nitrogens with zero attached hydrogens (tertiary/aromatic N) is 1. The van der Waals surface area contributed by atoms with Gasteiger partial charge in [0.1, 0.15) is 11.5 Å². The van der Waals surface area contributed by atoms with Crippen LogP contribution in [-0.2, 0) is 29.1 Å². The summed E-state index contributed by atoms with van der Waals surface area (Å²) in [6.45, 7) is 0.935. The van der Waals surface area contributed by atoms with Gasteiger partial charge in [0.25, 0.3) is 5.91 Å². The number of nitrogens with one attached hydrogen (secondary N) is 1. The molecule has 0 saturated heterocycles. The van der Waals surface area contributed by atoms with E-state index in [2.05, 4.69) is 5.32 Å². The van der Waals surface area contributed by atoms with E-state index in [4.69, 9.17) is 9.47 Å². The van der Waals surface area contributed by atoms with Gasteiger partial charge in [0.2, 0.25) is 5.91 Å². The highest BCUT2D eigenvalue weighted by Gasteiger charge is 2.22. The number of amides is 2. The number of anilines is 1. The third-order valence-electron chi connectivity index (χ3n) is 5.15. The van der Waals surface area contributed by atoms with Gasteiger partial charge >= 0.3 is 0 Å². The predicted octanol–water partition coefficient (Wildman–Crippen LogP) is 3.80. The lowest BCUT2D eigenvalue weighted by Gasteiger charge is -2.20. The van der Waals surface area contributed by atoms with E-state index in [9.17, 15) is 9.59 Å². The molecule has 0 spiro atoms. The van der Waals surface area contributed by atoms with Crippen LogP contribution >= 0.6 is 0 Å². The minimum Gasteiger partial charge on any atom is -0.497 e. The number of hydrogen-bond donors (Lipinski definition) is 1. The largest absolute Gasteiger partial charge is 0.497 e. The molecule has 3 aromatic carbocycles. The van der Waals surface area contributed by atoms with E-state index in [0.29, 0.717) is 24.5 Å². The van der Waals surface area contributed by atoms with E-state index in [1.165, 1.54) is 0 Å². The number of benzene rings is 3. The first-order valence-electron chi connectivity index (χ1n) is 10.1. The maximum absolute atomic E-state index is 12.5. The highest BCUT2D eigenvalue weighted by molar-refractivity contribution is 5.92. The van der Waals surface area contributed by atoms with Crippen molar-refractivity contribution in [2.45, 2.75) is 19.5 Å². The van der Waals surface area contributed by atoms with Gasteiger partial charge in [-0.3, -0.25) is 9.59 Å². The average Bonchev–Trinajstić information content (AvgIpc) is 2.93. The molecule has 1 aliphatic rings. The summed E-state index contributed by atoms with van der Waals surface area (Å²) < 4.78 is 10.8. The quantitative estimate of drug-likeness (QED) is 0.664. The van der Waals surface area contributed by atoms with Crippen LogP contribution in [0.1, 0.15) is 16.7 Å². The smallest absolute Gasteiger partial charge is 0.261 e. The van der Waals surface area contributed by atoms with E-state index >= 15 is 0 Å². The minimum atomic E-state index is -0.114. The maximum Gasteiger partial charge on any atom is 0.261 e. The summed E-state index contributed by atoms with van der Waals surface area (Å²) >= 11 is 0. The zero-order chi connectivity index (χ0) is 21.6. The Morgan fingerprint density at radius 2 is 1.81 bits per heavy atom. The Balaban J connectivity index is 1.45. The van der Waals surface area contributed by atoms with Crippen molar-refractivity contribution in [1.29, 1.82) is 0 Å². The first kappa shape index (κ1) is 20.5. The van der Waals surface area contributed by atoms with Crippen molar-refractivity contribution in [3.63, 3.8) is 0 Å². The zero-order valence-corrected chi connectivity index (χ0v) is 17.3. The lowest BCUT2D eigenvalue weighted by atomic mass is 10.1. The Hall–Kier alpha value is -3.80. The third-order valence-corrected chi connectivity index (χ3v) is 5.15. The van der Waals surface area contributed by atoms with Crippen LogP contribution in [0.4, 0.5) is 5.69 Å². The Morgan fingerprint density at radius 1 is 1.03 bits per heavy atom. The zero-order valence-electron chi connectivity index (χ0n) is 17.3. The summed E-state index contributed by atoms with van der Waals surface area (Å²) in [5, 5.41) is 2.94. The van der Waals surface area contributed by atoms with Crippen LogP contribution in [0.2, 0.25) is 0 Å². The van der Waals surface area contributed by atoms with E-state index in [0.717, 1.165) is 22.4 Å². The number of carbonyl (C=O) groups excluding carboxylic acids is 2. The van der Waals surface area contributed by atoms with Gasteiger partial charge < -0.3 is 19.7 Å². The molecule has 0 aliphatic carbocycles. The minimum absolute atomic E-state index is 0.00299. The van der Waals surface area contributed by atoms with Gasteiger partial charge in [0.05, 0.1) is 13.5 Å². The first-order chi connectivity index (χ1) is 15.1. The van der Waals surface area contributed by atoms with Crippen molar-refractivity contribution >= 4 is 17.5 Å². The molecule has 6 nitrogen and oxygen atoms in total. The standard InChI is InChI=1S/C25H24N2O4/c1-30-22-10-7-18(8-11-22)13-24(28)26-21-9-12-23-20(14-21)16-27(25(29)17-31-23)15-19-5-3-2-4-6-19/h2-12,14H,13,15-17H2,1H3,(H,26,28). The number of fused-ring (bicyclic) bond motifs is 1. The van der Waals surface area contributed by atoms with Crippen molar-refractivity contribution in [2.75, 3.05) is 19.0 Å². The molecular weight excluding hydrogens is 392 g/mol. The maximum atomic E-state index is 12.5. The number of carbonyl (C=O) groups is 2. The second-order valence-electron chi connectivity index (χ2n) is 7.42. The molecule has 0 unspecified atom stereocenters. The molecule has 0 saturated carbocycles. The van der Waals surface area contributed by atoms with E-state index in [1.54, 1.807) is 24.1 Å². The number of methoxy groups -OCH3 is 1. The van der Waals surface area contributed by atoms with Gasteiger partial charge in [-0.2, -0.15) is 0 Å². The van der Waals surface area contributed by atoms with Crippen LogP contribution in [-0.4, -0.2) is 30.4 Å². The van der Waals surface area contributed by atoms with Gasteiger partial charge in [-0.25, -0.2) is 0 Å². The average molecular weight is 416 g/mol. The lowest BCUT2D eigenvalue weighted by Crippen LogP contribution is -2.31. The normalized spacial score (nSPS) is 13.1. The summed E-state index contributed by atoms with van der Waals surface area (Å²) in [5.41, 5.74) is 3.50. The van der Waals surface area contributed by atoms with Crippen molar-refractivity contribution < 1.29 is 19.1 Å². The van der Waals surface area contributed by atoms with Gasteiger partial charge in [0, 0.05) is 24.3 Å². The number of hydrogen-bond acceptors (Lipinski definition) is 4. The van der Waals surface area contributed by atoms with Gasteiger partial charge in [0.15, 0.2) is 6.61 Å². The summed E-state index contributed by atoms with van der Waals surface area (Å²) in [4.78, 5) is 26.8. The van der Waals surface area contributed by atoms with Crippen LogP contribution in [0.3, 0.4) is 0 Å². The van der Waals surface area contributed by atoms with Crippen molar-refractivity contribution in [2.24, 2.45) is 0 Å². The second-order valence-corrected chi connectivity index (χ2v) is 7.42. The predicted molar refractivity (Wildman–Crippen MR) is 118 cm³/mol. The Bertz CT molecular complexity index is 1060. The molecule has 1 N–H and O–H groups in total. The molecule has 6 heteroatoms. The summed E-state index contributed by atoms with van der Waals surface area (Å²) in [7, 11) is 1.61. The fraction of sp³-hybridized carbons (Fsp3) is 0.200. The van der Waals surface area contributed by atoms with Crippen LogP contribution < -0.4 is 14.8 Å². The fourth-order valence-electron chi connectivity index (χ4n) is 3.53. The number of rotatable bonds is 6. The highest BCUT2D eigenvalue weighted by Crippen LogP contribution is 2.27. The van der Waals surface area contributed by atoms with Crippen molar-refractivity contribution in [3.05, 3.63) is 89.5 Å². The molecule has 158 valence electrons. The number of ether oxygens (including phenoxy) is 2. The molecule has 0 bridgehead atoms. The molecule has 3 aromatic rings. The Morgan fingerprint density at radius 3 is 2.55 bits per heavy atom. The molecule has 1 aliphatic heterocycles. The highest BCUT2D eigenvalue weighted by atomic mass is 16.5. The Labute approximate surface area is 181 Å². The Kier molecular flexibility index (Phi) is 6.17. The summed E-state index contributed by atoms with van der Waals surface area (Å²) in [5.74, 6) is 1.24. The molecular formula is C25H24N2O4. The molecule has 2 amide bonds. The summed E-state index contributed by atoms with van der Waals surface area (Å²) in [6.07, 6.45) is 0.260. The van der Waals surface area contributed by atoms with Crippen LogP contribution in [0.25, 0.3) is 0 Å². The molecule has 1 heterocycles.